The standard InChI is InChI=1S/C21H20N2/c1-15-6-8-16(9-7-15)18-11-13-21(22-14-18)23-20-12-10-17-4-2-3-5-19(17)20/h2-9,11,13-14,20H,10,12H2,1H3,(H,22,23). The van der Waals surface area contributed by atoms with Crippen LogP contribution in [0.15, 0.2) is 66.9 Å². The summed E-state index contributed by atoms with van der Waals surface area (Å²) in [6.07, 6.45) is 4.24. The van der Waals surface area contributed by atoms with Gasteiger partial charge < -0.3 is 5.32 Å². The third kappa shape index (κ3) is 2.85. The molecule has 0 fully saturated rings. The maximum atomic E-state index is 4.60. The number of aromatic nitrogens is 1. The van der Waals surface area contributed by atoms with E-state index in [1.807, 2.05) is 6.20 Å². The maximum Gasteiger partial charge on any atom is 0.126 e. The van der Waals surface area contributed by atoms with Crippen molar-refractivity contribution in [3.63, 3.8) is 0 Å². The molecule has 1 aliphatic carbocycles. The second-order valence-corrected chi connectivity index (χ2v) is 6.23. The molecule has 1 N–H and O–H groups in total. The number of fused-ring (bicyclic) bond motifs is 1. The van der Waals surface area contributed by atoms with Crippen LogP contribution in [0.1, 0.15) is 29.2 Å². The van der Waals surface area contributed by atoms with E-state index >= 15 is 0 Å². The van der Waals surface area contributed by atoms with E-state index in [2.05, 4.69) is 77.9 Å². The van der Waals surface area contributed by atoms with Gasteiger partial charge in [-0.1, -0.05) is 54.1 Å². The molecule has 0 aliphatic heterocycles. The van der Waals surface area contributed by atoms with Gasteiger partial charge in [0.05, 0.1) is 6.04 Å². The van der Waals surface area contributed by atoms with Crippen LogP contribution >= 0.6 is 0 Å². The summed E-state index contributed by atoms with van der Waals surface area (Å²) in [7, 11) is 0. The zero-order valence-corrected chi connectivity index (χ0v) is 13.3. The molecule has 0 saturated heterocycles. The topological polar surface area (TPSA) is 24.9 Å². The van der Waals surface area contributed by atoms with Crippen molar-refractivity contribution in [3.8, 4) is 11.1 Å². The zero-order chi connectivity index (χ0) is 15.6. The molecule has 23 heavy (non-hydrogen) atoms. The van der Waals surface area contributed by atoms with E-state index in [1.165, 1.54) is 22.3 Å². The van der Waals surface area contributed by atoms with Gasteiger partial charge in [-0.05, 0) is 48.6 Å². The predicted octanol–water partition coefficient (Wildman–Crippen LogP) is 5.16. The molecule has 0 bridgehead atoms. The number of hydrogen-bond donors (Lipinski definition) is 1. The number of benzene rings is 2. The molecule has 0 saturated carbocycles. The van der Waals surface area contributed by atoms with Crippen molar-refractivity contribution in [1.29, 1.82) is 0 Å². The first-order valence-corrected chi connectivity index (χ1v) is 8.17. The molecule has 4 rings (SSSR count). The largest absolute Gasteiger partial charge is 0.363 e. The number of pyridine rings is 1. The maximum absolute atomic E-state index is 4.60. The van der Waals surface area contributed by atoms with Gasteiger partial charge in [0.1, 0.15) is 5.82 Å². The fourth-order valence-electron chi connectivity index (χ4n) is 3.28. The van der Waals surface area contributed by atoms with Crippen molar-refractivity contribution in [2.45, 2.75) is 25.8 Å². The Morgan fingerprint density at radius 1 is 0.913 bits per heavy atom. The minimum Gasteiger partial charge on any atom is -0.363 e. The summed E-state index contributed by atoms with van der Waals surface area (Å²) in [5, 5.41) is 3.57. The zero-order valence-electron chi connectivity index (χ0n) is 13.3. The van der Waals surface area contributed by atoms with E-state index in [-0.39, 0.29) is 0 Å². The van der Waals surface area contributed by atoms with Crippen LogP contribution in [0, 0.1) is 6.92 Å². The van der Waals surface area contributed by atoms with Crippen LogP contribution < -0.4 is 5.32 Å². The minimum atomic E-state index is 0.379. The Kier molecular flexibility index (Phi) is 3.58. The first kappa shape index (κ1) is 14.0. The molecule has 0 amide bonds. The van der Waals surface area contributed by atoms with Crippen LogP contribution in [-0.4, -0.2) is 4.98 Å². The molecule has 3 aromatic rings. The highest BCUT2D eigenvalue weighted by Crippen LogP contribution is 2.33. The SMILES string of the molecule is Cc1ccc(-c2ccc(NC3CCc4ccccc43)nc2)cc1. The lowest BCUT2D eigenvalue weighted by Gasteiger charge is -2.15. The van der Waals surface area contributed by atoms with E-state index in [1.54, 1.807) is 0 Å². The first-order chi connectivity index (χ1) is 11.3. The molecular weight excluding hydrogens is 280 g/mol. The van der Waals surface area contributed by atoms with E-state index in [0.29, 0.717) is 6.04 Å². The lowest BCUT2D eigenvalue weighted by atomic mass is 10.1. The molecule has 0 radical (unpaired) electrons. The lowest BCUT2D eigenvalue weighted by molar-refractivity contribution is 0.757. The molecule has 114 valence electrons. The molecule has 1 aromatic heterocycles. The third-order valence-corrected chi connectivity index (χ3v) is 4.60. The molecule has 2 aromatic carbocycles. The minimum absolute atomic E-state index is 0.379. The Balaban J connectivity index is 1.52. The summed E-state index contributed by atoms with van der Waals surface area (Å²) in [6.45, 7) is 2.11. The van der Waals surface area contributed by atoms with Gasteiger partial charge in [-0.25, -0.2) is 4.98 Å². The van der Waals surface area contributed by atoms with Gasteiger partial charge in [-0.15, -0.1) is 0 Å². The Bertz CT molecular complexity index is 804. The number of aryl methyl sites for hydroxylation is 2. The Morgan fingerprint density at radius 2 is 1.70 bits per heavy atom. The summed E-state index contributed by atoms with van der Waals surface area (Å²) in [5.41, 5.74) is 6.52. The van der Waals surface area contributed by atoms with Crippen LogP contribution in [0.25, 0.3) is 11.1 Å². The molecule has 2 nitrogen and oxygen atoms in total. The van der Waals surface area contributed by atoms with Gasteiger partial charge in [0, 0.05) is 11.8 Å². The Hall–Kier alpha value is -2.61. The normalized spacial score (nSPS) is 16.1. The Labute approximate surface area is 137 Å². The smallest absolute Gasteiger partial charge is 0.126 e. The third-order valence-electron chi connectivity index (χ3n) is 4.60. The number of nitrogens with one attached hydrogen (secondary N) is 1. The first-order valence-electron chi connectivity index (χ1n) is 8.17. The number of hydrogen-bond acceptors (Lipinski definition) is 2. The molecule has 1 aliphatic rings. The molecular formula is C21H20N2. The number of anilines is 1. The quantitative estimate of drug-likeness (QED) is 0.723. The number of nitrogens with zero attached hydrogens (tertiary/aromatic N) is 1. The van der Waals surface area contributed by atoms with Gasteiger partial charge in [0.25, 0.3) is 0 Å². The van der Waals surface area contributed by atoms with Crippen molar-refractivity contribution < 1.29 is 0 Å². The van der Waals surface area contributed by atoms with Gasteiger partial charge in [0.15, 0.2) is 0 Å². The van der Waals surface area contributed by atoms with Crippen molar-refractivity contribution in [2.24, 2.45) is 0 Å². The van der Waals surface area contributed by atoms with Crippen molar-refractivity contribution in [1.82, 2.24) is 4.98 Å². The molecule has 0 spiro atoms. The average molecular weight is 300 g/mol. The monoisotopic (exact) mass is 300 g/mol. The lowest BCUT2D eigenvalue weighted by Crippen LogP contribution is -2.08. The average Bonchev–Trinajstić information content (AvgIpc) is 3.00. The van der Waals surface area contributed by atoms with Crippen molar-refractivity contribution in [2.75, 3.05) is 5.32 Å². The van der Waals surface area contributed by atoms with E-state index in [4.69, 9.17) is 0 Å². The number of rotatable bonds is 3. The summed E-state index contributed by atoms with van der Waals surface area (Å²) in [4.78, 5) is 4.60. The van der Waals surface area contributed by atoms with E-state index in [0.717, 1.165) is 24.2 Å². The Morgan fingerprint density at radius 3 is 2.48 bits per heavy atom. The second-order valence-electron chi connectivity index (χ2n) is 6.23. The van der Waals surface area contributed by atoms with E-state index in [9.17, 15) is 0 Å². The highest BCUT2D eigenvalue weighted by molar-refractivity contribution is 5.64. The summed E-state index contributed by atoms with van der Waals surface area (Å²) < 4.78 is 0. The van der Waals surface area contributed by atoms with Gasteiger partial charge >= 0.3 is 0 Å². The van der Waals surface area contributed by atoms with Crippen molar-refractivity contribution >= 4 is 5.82 Å². The highest BCUT2D eigenvalue weighted by Gasteiger charge is 2.21. The predicted molar refractivity (Wildman–Crippen MR) is 95.5 cm³/mol. The fourth-order valence-corrected chi connectivity index (χ4v) is 3.28. The molecule has 1 heterocycles. The molecule has 1 unspecified atom stereocenters. The second kappa shape index (κ2) is 5.88. The van der Waals surface area contributed by atoms with E-state index < -0.39 is 0 Å². The summed E-state index contributed by atoms with van der Waals surface area (Å²) in [6, 6.07) is 21.8. The molecule has 2 heteroatoms. The highest BCUT2D eigenvalue weighted by atomic mass is 15.0. The van der Waals surface area contributed by atoms with Crippen LogP contribution in [-0.2, 0) is 6.42 Å². The van der Waals surface area contributed by atoms with Gasteiger partial charge in [0.2, 0.25) is 0 Å². The van der Waals surface area contributed by atoms with Crippen LogP contribution in [0.2, 0.25) is 0 Å². The van der Waals surface area contributed by atoms with Gasteiger partial charge in [-0.3, -0.25) is 0 Å². The van der Waals surface area contributed by atoms with Crippen LogP contribution in [0.5, 0.6) is 0 Å². The summed E-state index contributed by atoms with van der Waals surface area (Å²) in [5.74, 6) is 0.947. The molecule has 1 atom stereocenters. The van der Waals surface area contributed by atoms with Gasteiger partial charge in [-0.2, -0.15) is 0 Å². The van der Waals surface area contributed by atoms with Crippen molar-refractivity contribution in [3.05, 3.63) is 83.6 Å². The van der Waals surface area contributed by atoms with Crippen LogP contribution in [0.3, 0.4) is 0 Å². The summed E-state index contributed by atoms with van der Waals surface area (Å²) >= 11 is 0. The van der Waals surface area contributed by atoms with Crippen LogP contribution in [0.4, 0.5) is 5.82 Å². The fraction of sp³-hybridized carbons (Fsp3) is 0.190.